The van der Waals surface area contributed by atoms with Crippen molar-refractivity contribution in [3.63, 3.8) is 0 Å². The highest BCUT2D eigenvalue weighted by atomic mass is 79.9. The lowest BCUT2D eigenvalue weighted by Crippen LogP contribution is -2.27. The van der Waals surface area contributed by atoms with Crippen molar-refractivity contribution in [2.75, 3.05) is 0 Å². The van der Waals surface area contributed by atoms with Crippen LogP contribution in [0.2, 0.25) is 5.02 Å². The van der Waals surface area contributed by atoms with Gasteiger partial charge < -0.3 is 5.32 Å². The van der Waals surface area contributed by atoms with Gasteiger partial charge in [0, 0.05) is 10.0 Å². The number of carbonyl (C=O) groups is 1. The predicted octanol–water partition coefficient (Wildman–Crippen LogP) is 3.24. The summed E-state index contributed by atoms with van der Waals surface area (Å²) in [5.41, 5.74) is 1.09. The molecule has 0 aliphatic heterocycles. The molecule has 2 aromatic rings. The Morgan fingerprint density at radius 1 is 1.22 bits per heavy atom. The molecule has 1 amide bonds. The van der Waals surface area contributed by atoms with E-state index in [1.807, 2.05) is 31.2 Å². The van der Waals surface area contributed by atoms with Crippen molar-refractivity contribution in [2.24, 2.45) is 5.14 Å². The minimum Gasteiger partial charge on any atom is -0.346 e. The van der Waals surface area contributed by atoms with Gasteiger partial charge in [0.25, 0.3) is 5.91 Å². The number of primary sulfonamides is 1. The zero-order valence-electron chi connectivity index (χ0n) is 12.1. The fraction of sp³-hybridized carbons (Fsp3) is 0.133. The van der Waals surface area contributed by atoms with E-state index in [-0.39, 0.29) is 21.5 Å². The van der Waals surface area contributed by atoms with Gasteiger partial charge in [0.1, 0.15) is 4.90 Å². The molecule has 2 rings (SSSR count). The molecule has 0 heterocycles. The highest BCUT2D eigenvalue weighted by Gasteiger charge is 2.17. The Hall–Kier alpha value is -1.41. The third-order valence-electron chi connectivity index (χ3n) is 3.22. The molecule has 0 bridgehead atoms. The first-order chi connectivity index (χ1) is 10.7. The average Bonchev–Trinajstić information content (AvgIpc) is 2.47. The van der Waals surface area contributed by atoms with E-state index in [0.717, 1.165) is 10.0 Å². The molecule has 0 saturated carbocycles. The second-order valence-electron chi connectivity index (χ2n) is 4.94. The molecule has 5 nitrogen and oxygen atoms in total. The van der Waals surface area contributed by atoms with Crippen LogP contribution < -0.4 is 10.5 Å². The maximum absolute atomic E-state index is 12.3. The predicted molar refractivity (Wildman–Crippen MR) is 92.8 cm³/mol. The lowest BCUT2D eigenvalue weighted by Gasteiger charge is -2.15. The van der Waals surface area contributed by atoms with Crippen LogP contribution in [-0.2, 0) is 10.0 Å². The maximum Gasteiger partial charge on any atom is 0.251 e. The lowest BCUT2D eigenvalue weighted by atomic mass is 10.1. The molecule has 8 heteroatoms. The molecule has 1 unspecified atom stereocenters. The minimum absolute atomic E-state index is 0.0231. The summed E-state index contributed by atoms with van der Waals surface area (Å²) in [6.07, 6.45) is 0. The van der Waals surface area contributed by atoms with E-state index in [1.165, 1.54) is 18.2 Å². The SMILES string of the molecule is CC(NC(=O)c1ccc(Cl)c(S(N)(=O)=O)c1)c1ccc(Br)cc1. The van der Waals surface area contributed by atoms with E-state index < -0.39 is 15.9 Å². The normalized spacial score (nSPS) is 12.7. The van der Waals surface area contributed by atoms with E-state index in [9.17, 15) is 13.2 Å². The second-order valence-corrected chi connectivity index (χ2v) is 7.79. The Balaban J connectivity index is 2.22. The number of sulfonamides is 1. The van der Waals surface area contributed by atoms with E-state index in [4.69, 9.17) is 16.7 Å². The van der Waals surface area contributed by atoms with E-state index in [1.54, 1.807) is 0 Å². The van der Waals surface area contributed by atoms with Crippen molar-refractivity contribution in [1.82, 2.24) is 5.32 Å². The van der Waals surface area contributed by atoms with Crippen LogP contribution in [0, 0.1) is 0 Å². The van der Waals surface area contributed by atoms with Gasteiger partial charge in [-0.3, -0.25) is 4.79 Å². The Bertz CT molecular complexity index is 838. The van der Waals surface area contributed by atoms with Gasteiger partial charge in [-0.25, -0.2) is 13.6 Å². The number of benzene rings is 2. The lowest BCUT2D eigenvalue weighted by molar-refractivity contribution is 0.0939. The molecule has 3 N–H and O–H groups in total. The summed E-state index contributed by atoms with van der Waals surface area (Å²) >= 11 is 9.15. The van der Waals surface area contributed by atoms with E-state index in [2.05, 4.69) is 21.2 Å². The fourth-order valence-electron chi connectivity index (χ4n) is 1.98. The Labute approximate surface area is 148 Å². The number of nitrogens with one attached hydrogen (secondary N) is 1. The van der Waals surface area contributed by atoms with Gasteiger partial charge in [-0.05, 0) is 42.8 Å². The standard InChI is InChI=1S/C15H14BrClN2O3S/c1-9(10-2-5-12(16)6-3-10)19-15(20)11-4-7-13(17)14(8-11)23(18,21)22/h2-9H,1H3,(H,19,20)(H2,18,21,22). The van der Waals surface area contributed by atoms with Crippen LogP contribution in [0.5, 0.6) is 0 Å². The molecule has 0 saturated heterocycles. The van der Waals surface area contributed by atoms with Crippen LogP contribution in [0.4, 0.5) is 0 Å². The zero-order chi connectivity index (χ0) is 17.2. The molecular formula is C15H14BrClN2O3S. The van der Waals surface area contributed by atoms with Crippen LogP contribution in [0.15, 0.2) is 51.8 Å². The van der Waals surface area contributed by atoms with Crippen molar-refractivity contribution in [2.45, 2.75) is 17.9 Å². The van der Waals surface area contributed by atoms with Crippen LogP contribution in [0.1, 0.15) is 28.9 Å². The summed E-state index contributed by atoms with van der Waals surface area (Å²) in [6.45, 7) is 1.83. The third kappa shape index (κ3) is 4.54. The number of amides is 1. The summed E-state index contributed by atoms with van der Waals surface area (Å²) < 4.78 is 23.9. The molecule has 0 aromatic heterocycles. The van der Waals surface area contributed by atoms with Gasteiger partial charge >= 0.3 is 0 Å². The summed E-state index contributed by atoms with van der Waals surface area (Å²) in [4.78, 5) is 12.0. The first-order valence-corrected chi connectivity index (χ1v) is 9.29. The van der Waals surface area contributed by atoms with E-state index >= 15 is 0 Å². The quantitative estimate of drug-likeness (QED) is 0.800. The van der Waals surface area contributed by atoms with Gasteiger partial charge in [-0.2, -0.15) is 0 Å². The number of carbonyl (C=O) groups excluding carboxylic acids is 1. The van der Waals surface area contributed by atoms with Gasteiger partial charge in [-0.15, -0.1) is 0 Å². The van der Waals surface area contributed by atoms with Crippen LogP contribution >= 0.6 is 27.5 Å². The van der Waals surface area contributed by atoms with Gasteiger partial charge in [-0.1, -0.05) is 39.7 Å². The topological polar surface area (TPSA) is 89.3 Å². The number of nitrogens with two attached hydrogens (primary N) is 1. The second kappa shape index (κ2) is 7.00. The van der Waals surface area contributed by atoms with Gasteiger partial charge in [0.2, 0.25) is 10.0 Å². The van der Waals surface area contributed by atoms with Crippen molar-refractivity contribution in [3.8, 4) is 0 Å². The number of rotatable bonds is 4. The Kier molecular flexibility index (Phi) is 5.46. The Morgan fingerprint density at radius 3 is 2.39 bits per heavy atom. The summed E-state index contributed by atoms with van der Waals surface area (Å²) in [5, 5.41) is 7.86. The Morgan fingerprint density at radius 2 is 1.83 bits per heavy atom. The number of halogens is 2. The average molecular weight is 418 g/mol. The van der Waals surface area contributed by atoms with E-state index in [0.29, 0.717) is 0 Å². The highest BCUT2D eigenvalue weighted by Crippen LogP contribution is 2.22. The van der Waals surface area contributed by atoms with Crippen molar-refractivity contribution in [1.29, 1.82) is 0 Å². The first-order valence-electron chi connectivity index (χ1n) is 6.57. The molecule has 0 radical (unpaired) electrons. The largest absolute Gasteiger partial charge is 0.346 e. The highest BCUT2D eigenvalue weighted by molar-refractivity contribution is 9.10. The zero-order valence-corrected chi connectivity index (χ0v) is 15.2. The van der Waals surface area contributed by atoms with Gasteiger partial charge in [0.05, 0.1) is 11.1 Å². The fourth-order valence-corrected chi connectivity index (χ4v) is 3.31. The maximum atomic E-state index is 12.3. The molecular weight excluding hydrogens is 404 g/mol. The van der Waals surface area contributed by atoms with Crippen LogP contribution in [0.3, 0.4) is 0 Å². The van der Waals surface area contributed by atoms with Crippen LogP contribution in [-0.4, -0.2) is 14.3 Å². The summed E-state index contributed by atoms with van der Waals surface area (Å²) in [7, 11) is -3.99. The smallest absolute Gasteiger partial charge is 0.251 e. The van der Waals surface area contributed by atoms with Crippen molar-refractivity contribution >= 4 is 43.5 Å². The first kappa shape index (κ1) is 17.9. The molecule has 0 fully saturated rings. The van der Waals surface area contributed by atoms with Gasteiger partial charge in [0.15, 0.2) is 0 Å². The monoisotopic (exact) mass is 416 g/mol. The number of hydrogen-bond acceptors (Lipinski definition) is 3. The molecule has 122 valence electrons. The van der Waals surface area contributed by atoms with Crippen molar-refractivity contribution in [3.05, 3.63) is 63.1 Å². The third-order valence-corrected chi connectivity index (χ3v) is 5.14. The molecule has 23 heavy (non-hydrogen) atoms. The summed E-state index contributed by atoms with van der Waals surface area (Å²) in [5.74, 6) is -0.415. The summed E-state index contributed by atoms with van der Waals surface area (Å²) in [6, 6.07) is 11.2. The minimum atomic E-state index is -3.99. The number of hydrogen-bond donors (Lipinski definition) is 2. The van der Waals surface area contributed by atoms with Crippen molar-refractivity contribution < 1.29 is 13.2 Å². The van der Waals surface area contributed by atoms with Crippen LogP contribution in [0.25, 0.3) is 0 Å². The molecule has 0 aliphatic rings. The molecule has 2 aromatic carbocycles. The molecule has 1 atom stereocenters. The molecule has 0 aliphatic carbocycles. The molecule has 0 spiro atoms.